The molecular weight excluding hydrogens is 374 g/mol. The maximum absolute atomic E-state index is 5.63. The lowest BCUT2D eigenvalue weighted by Crippen LogP contribution is -2.49. The van der Waals surface area contributed by atoms with E-state index < -0.39 is 0 Å². The number of likely N-dealkylation sites (tertiary alicyclic amines) is 1. The highest BCUT2D eigenvalue weighted by molar-refractivity contribution is 5.71. The maximum Gasteiger partial charge on any atom is 0.229 e. The van der Waals surface area contributed by atoms with Gasteiger partial charge in [0.05, 0.1) is 24.3 Å². The molecule has 3 aliphatic heterocycles. The molecule has 0 aliphatic carbocycles. The quantitative estimate of drug-likeness (QED) is 0.669. The molecule has 3 aliphatic rings. The number of hydrogen-bond acceptors (Lipinski definition) is 6. The van der Waals surface area contributed by atoms with Crippen molar-refractivity contribution in [2.75, 3.05) is 37.7 Å². The summed E-state index contributed by atoms with van der Waals surface area (Å²) < 4.78 is 5.63. The molecule has 0 bridgehead atoms. The number of aromatic nitrogens is 3. The first-order chi connectivity index (χ1) is 14.8. The van der Waals surface area contributed by atoms with Crippen LogP contribution in [0, 0.1) is 0 Å². The molecule has 0 N–H and O–H groups in total. The maximum atomic E-state index is 5.63. The molecular formula is C24H25N5O. The fraction of sp³-hybridized carbons (Fsp3) is 0.375. The molecule has 2 saturated heterocycles. The monoisotopic (exact) mass is 399 g/mol. The summed E-state index contributed by atoms with van der Waals surface area (Å²) in [5, 5.41) is 0. The van der Waals surface area contributed by atoms with E-state index in [1.54, 1.807) is 6.20 Å². The average molecular weight is 399 g/mol. The SMILES string of the molecule is c1ccc(-c2cnc(N3CC4(COC4)c4ccc(CN5CCCC5)cc43)nc2)nc1. The summed E-state index contributed by atoms with van der Waals surface area (Å²) in [5.74, 6) is 0.748. The van der Waals surface area contributed by atoms with E-state index in [0.29, 0.717) is 0 Å². The largest absolute Gasteiger partial charge is 0.379 e. The van der Waals surface area contributed by atoms with Crippen LogP contribution in [0.4, 0.5) is 11.6 Å². The molecule has 30 heavy (non-hydrogen) atoms. The van der Waals surface area contributed by atoms with Crippen molar-refractivity contribution in [1.82, 2.24) is 19.9 Å². The summed E-state index contributed by atoms with van der Waals surface area (Å²) >= 11 is 0. The van der Waals surface area contributed by atoms with Gasteiger partial charge in [-0.2, -0.15) is 0 Å². The fourth-order valence-corrected chi connectivity index (χ4v) is 4.92. The second kappa shape index (κ2) is 7.15. The van der Waals surface area contributed by atoms with Crippen LogP contribution in [0.2, 0.25) is 0 Å². The molecule has 0 unspecified atom stereocenters. The second-order valence-electron chi connectivity index (χ2n) is 8.68. The Morgan fingerprint density at radius 3 is 2.50 bits per heavy atom. The van der Waals surface area contributed by atoms with Gasteiger partial charge >= 0.3 is 0 Å². The van der Waals surface area contributed by atoms with Crippen molar-refractivity contribution in [3.63, 3.8) is 0 Å². The van der Waals surface area contributed by atoms with E-state index in [1.807, 2.05) is 30.6 Å². The summed E-state index contributed by atoms with van der Waals surface area (Å²) in [4.78, 5) is 18.7. The molecule has 6 nitrogen and oxygen atoms in total. The number of nitrogens with zero attached hydrogens (tertiary/aromatic N) is 5. The van der Waals surface area contributed by atoms with Crippen LogP contribution in [0.1, 0.15) is 24.0 Å². The van der Waals surface area contributed by atoms with Crippen LogP contribution in [0.3, 0.4) is 0 Å². The lowest BCUT2D eigenvalue weighted by Gasteiger charge is -2.38. The van der Waals surface area contributed by atoms with Gasteiger partial charge in [-0.15, -0.1) is 0 Å². The highest BCUT2D eigenvalue weighted by atomic mass is 16.5. The van der Waals surface area contributed by atoms with Gasteiger partial charge in [0.15, 0.2) is 0 Å². The molecule has 3 aromatic rings. The molecule has 2 fully saturated rings. The minimum atomic E-state index is 0.0739. The van der Waals surface area contributed by atoms with Gasteiger partial charge < -0.3 is 9.64 Å². The number of benzene rings is 1. The van der Waals surface area contributed by atoms with Crippen molar-refractivity contribution in [2.45, 2.75) is 24.8 Å². The Balaban J connectivity index is 1.33. The van der Waals surface area contributed by atoms with Gasteiger partial charge in [0, 0.05) is 42.9 Å². The zero-order chi connectivity index (χ0) is 20.0. The first kappa shape index (κ1) is 18.0. The van der Waals surface area contributed by atoms with Crippen LogP contribution < -0.4 is 4.90 Å². The van der Waals surface area contributed by atoms with E-state index in [-0.39, 0.29) is 5.41 Å². The van der Waals surface area contributed by atoms with Crippen LogP contribution in [-0.2, 0) is 16.7 Å². The zero-order valence-electron chi connectivity index (χ0n) is 17.0. The number of rotatable bonds is 4. The van der Waals surface area contributed by atoms with Crippen molar-refractivity contribution >= 4 is 11.6 Å². The van der Waals surface area contributed by atoms with E-state index in [4.69, 9.17) is 14.7 Å². The normalized spacial score (nSPS) is 19.8. The fourth-order valence-electron chi connectivity index (χ4n) is 4.92. The third-order valence-electron chi connectivity index (χ3n) is 6.59. The smallest absolute Gasteiger partial charge is 0.229 e. The minimum absolute atomic E-state index is 0.0739. The summed E-state index contributed by atoms with van der Waals surface area (Å²) in [5.41, 5.74) is 5.87. The predicted octanol–water partition coefficient (Wildman–Crippen LogP) is 3.55. The molecule has 6 heteroatoms. The Hall–Kier alpha value is -2.83. The topological polar surface area (TPSA) is 54.4 Å². The molecule has 2 aromatic heterocycles. The highest BCUT2D eigenvalue weighted by Crippen LogP contribution is 2.47. The highest BCUT2D eigenvalue weighted by Gasteiger charge is 2.49. The van der Waals surface area contributed by atoms with Crippen molar-refractivity contribution in [1.29, 1.82) is 0 Å². The van der Waals surface area contributed by atoms with Crippen molar-refractivity contribution in [2.24, 2.45) is 0 Å². The van der Waals surface area contributed by atoms with Gasteiger partial charge in [0.2, 0.25) is 5.95 Å². The average Bonchev–Trinajstić information content (AvgIpc) is 3.40. The van der Waals surface area contributed by atoms with Crippen LogP contribution in [0.15, 0.2) is 55.0 Å². The first-order valence-electron chi connectivity index (χ1n) is 10.8. The van der Waals surface area contributed by atoms with E-state index in [2.05, 4.69) is 33.0 Å². The molecule has 1 aromatic carbocycles. The van der Waals surface area contributed by atoms with Crippen molar-refractivity contribution in [3.05, 3.63) is 66.1 Å². The number of anilines is 2. The standard InChI is InChI=1S/C24H25N5O/c1-2-8-25-21(5-1)19-12-26-23(27-13-19)29-15-24(16-30-17-24)20-7-6-18(11-22(20)29)14-28-9-3-4-10-28/h1-2,5-8,11-13H,3-4,9-10,14-17H2. The van der Waals surface area contributed by atoms with Gasteiger partial charge in [-0.1, -0.05) is 18.2 Å². The Morgan fingerprint density at radius 2 is 1.80 bits per heavy atom. The molecule has 0 atom stereocenters. The van der Waals surface area contributed by atoms with E-state index in [9.17, 15) is 0 Å². The lowest BCUT2D eigenvalue weighted by atomic mass is 9.80. The van der Waals surface area contributed by atoms with Crippen LogP contribution in [0.5, 0.6) is 0 Å². The third-order valence-corrected chi connectivity index (χ3v) is 6.59. The summed E-state index contributed by atoms with van der Waals surface area (Å²) in [6, 6.07) is 12.8. The molecule has 6 rings (SSSR count). The number of fused-ring (bicyclic) bond motifs is 2. The van der Waals surface area contributed by atoms with E-state index in [1.165, 1.54) is 42.7 Å². The summed E-state index contributed by atoms with van der Waals surface area (Å²) in [6.07, 6.45) is 8.17. The van der Waals surface area contributed by atoms with Crippen molar-refractivity contribution in [3.8, 4) is 11.3 Å². The minimum Gasteiger partial charge on any atom is -0.379 e. The number of hydrogen-bond donors (Lipinski definition) is 0. The summed E-state index contributed by atoms with van der Waals surface area (Å²) in [6.45, 7) is 5.85. The molecule has 0 saturated carbocycles. The van der Waals surface area contributed by atoms with E-state index >= 15 is 0 Å². The second-order valence-corrected chi connectivity index (χ2v) is 8.68. The van der Waals surface area contributed by atoms with Gasteiger partial charge in [0.1, 0.15) is 0 Å². The zero-order valence-corrected chi connectivity index (χ0v) is 17.0. The van der Waals surface area contributed by atoms with Crippen LogP contribution in [0.25, 0.3) is 11.3 Å². The van der Waals surface area contributed by atoms with E-state index in [0.717, 1.165) is 43.5 Å². The Labute approximate surface area is 176 Å². The molecule has 1 spiro atoms. The number of ether oxygens (including phenoxy) is 1. The molecule has 152 valence electrons. The van der Waals surface area contributed by atoms with Crippen LogP contribution >= 0.6 is 0 Å². The van der Waals surface area contributed by atoms with Gasteiger partial charge in [-0.25, -0.2) is 9.97 Å². The third kappa shape index (κ3) is 2.99. The molecule has 0 amide bonds. The predicted molar refractivity (Wildman–Crippen MR) is 116 cm³/mol. The number of pyridine rings is 1. The Bertz CT molecular complexity index is 1040. The molecule has 0 radical (unpaired) electrons. The Morgan fingerprint density at radius 1 is 0.967 bits per heavy atom. The summed E-state index contributed by atoms with van der Waals surface area (Å²) in [7, 11) is 0. The first-order valence-corrected chi connectivity index (χ1v) is 10.8. The van der Waals surface area contributed by atoms with Gasteiger partial charge in [-0.05, 0) is 55.3 Å². The van der Waals surface area contributed by atoms with Gasteiger partial charge in [0.25, 0.3) is 0 Å². The Kier molecular flexibility index (Phi) is 4.28. The molecule has 5 heterocycles. The lowest BCUT2D eigenvalue weighted by molar-refractivity contribution is -0.0507. The van der Waals surface area contributed by atoms with Crippen LogP contribution in [-0.4, -0.2) is 52.7 Å². The van der Waals surface area contributed by atoms with Gasteiger partial charge in [-0.3, -0.25) is 9.88 Å². The van der Waals surface area contributed by atoms with Crippen molar-refractivity contribution < 1.29 is 4.74 Å².